The summed E-state index contributed by atoms with van der Waals surface area (Å²) in [6.07, 6.45) is 5.47. The number of aromatic nitrogens is 1. The highest BCUT2D eigenvalue weighted by atomic mass is 19.1. The van der Waals surface area contributed by atoms with Crippen molar-refractivity contribution in [3.05, 3.63) is 60.2 Å². The van der Waals surface area contributed by atoms with Crippen molar-refractivity contribution in [1.82, 2.24) is 10.3 Å². The Bertz CT molecular complexity index is 1270. The lowest BCUT2D eigenvalue weighted by Gasteiger charge is -2.46. The van der Waals surface area contributed by atoms with Gasteiger partial charge in [-0.1, -0.05) is 38.1 Å². The second-order valence-corrected chi connectivity index (χ2v) is 11.8. The van der Waals surface area contributed by atoms with Crippen LogP contribution in [0.25, 0.3) is 17.2 Å². The molecule has 208 valence electrons. The molecule has 6 atom stereocenters. The van der Waals surface area contributed by atoms with Gasteiger partial charge in [0.15, 0.2) is 5.41 Å². The molecule has 2 heterocycles. The van der Waals surface area contributed by atoms with Crippen molar-refractivity contribution in [2.75, 3.05) is 6.54 Å². The molecule has 1 amide bonds. The molecule has 1 aliphatic heterocycles. The molecule has 1 saturated heterocycles. The second-order valence-electron chi connectivity index (χ2n) is 11.8. The van der Waals surface area contributed by atoms with E-state index in [9.17, 15) is 18.8 Å². The highest BCUT2D eigenvalue weighted by Crippen LogP contribution is 2.56. The molecule has 2 aliphatic rings. The van der Waals surface area contributed by atoms with E-state index in [0.717, 1.165) is 11.1 Å². The normalized spacial score (nSPS) is 28.6. The number of pyridine rings is 1. The van der Waals surface area contributed by atoms with Gasteiger partial charge in [0.1, 0.15) is 24.1 Å². The SMILES string of the molecule is CC1C[C@@]2(C(=O)NCC(=O)OC(C)(C)C)C(=O)O[C@H](C)C2C(/C=C/c2ccc(-c3cccc(F)c3)cn2)C1C. The quantitative estimate of drug-likeness (QED) is 0.403. The Morgan fingerprint density at radius 1 is 1.18 bits per heavy atom. The molecule has 1 aromatic carbocycles. The van der Waals surface area contributed by atoms with E-state index >= 15 is 0 Å². The fourth-order valence-electron chi connectivity index (χ4n) is 6.02. The van der Waals surface area contributed by atoms with Crippen LogP contribution in [0.1, 0.15) is 53.7 Å². The molecule has 2 fully saturated rings. The van der Waals surface area contributed by atoms with Crippen LogP contribution in [0.15, 0.2) is 48.7 Å². The van der Waals surface area contributed by atoms with Crippen LogP contribution < -0.4 is 5.32 Å². The van der Waals surface area contributed by atoms with Crippen LogP contribution in [0.5, 0.6) is 0 Å². The lowest BCUT2D eigenvalue weighted by Crippen LogP contribution is -2.56. The number of rotatable bonds is 6. The number of nitrogens with zero attached hydrogens (tertiary/aromatic N) is 1. The van der Waals surface area contributed by atoms with Crippen LogP contribution >= 0.6 is 0 Å². The standard InChI is InChI=1S/C31H37FN2O5/c1-18-15-31(28(36)34-17-26(35)39-30(4,5)6)27(20(3)38-29(31)37)25(19(18)2)13-12-24-11-10-22(16-33-24)21-8-7-9-23(32)14-21/h7-14,16,18-20,25,27H,15,17H2,1-6H3,(H,34,36)/b13-12+/t18?,19?,20-,25?,27?,31-/m1/s1. The van der Waals surface area contributed by atoms with Crippen molar-refractivity contribution >= 4 is 23.9 Å². The van der Waals surface area contributed by atoms with Crippen molar-refractivity contribution < 1.29 is 28.2 Å². The van der Waals surface area contributed by atoms with Crippen LogP contribution in [0.2, 0.25) is 0 Å². The number of cyclic esters (lactones) is 1. The Morgan fingerprint density at radius 2 is 1.92 bits per heavy atom. The molecular formula is C31H37FN2O5. The molecule has 0 spiro atoms. The Hall–Kier alpha value is -3.55. The first-order valence-corrected chi connectivity index (χ1v) is 13.4. The maximum Gasteiger partial charge on any atom is 0.325 e. The third-order valence-electron chi connectivity index (χ3n) is 7.95. The first kappa shape index (κ1) is 28.5. The summed E-state index contributed by atoms with van der Waals surface area (Å²) < 4.78 is 24.6. The number of fused-ring (bicyclic) bond motifs is 1. The predicted molar refractivity (Wildman–Crippen MR) is 145 cm³/mol. The number of hydrogen-bond acceptors (Lipinski definition) is 6. The summed E-state index contributed by atoms with van der Waals surface area (Å²) in [5.74, 6) is -2.25. The first-order valence-electron chi connectivity index (χ1n) is 13.4. The van der Waals surface area contributed by atoms with Crippen LogP contribution in [0.3, 0.4) is 0 Å². The topological polar surface area (TPSA) is 94.6 Å². The smallest absolute Gasteiger partial charge is 0.325 e. The van der Waals surface area contributed by atoms with E-state index in [1.165, 1.54) is 12.1 Å². The van der Waals surface area contributed by atoms with Crippen molar-refractivity contribution in [1.29, 1.82) is 0 Å². The molecule has 2 aromatic rings. The molecule has 7 nitrogen and oxygen atoms in total. The lowest BCUT2D eigenvalue weighted by atomic mass is 9.54. The second kappa shape index (κ2) is 10.9. The average Bonchev–Trinajstić information content (AvgIpc) is 3.12. The predicted octanol–water partition coefficient (Wildman–Crippen LogP) is 5.20. The number of benzene rings is 1. The molecule has 1 saturated carbocycles. The third-order valence-corrected chi connectivity index (χ3v) is 7.95. The van der Waals surface area contributed by atoms with Crippen molar-refractivity contribution in [2.24, 2.45) is 29.1 Å². The molecule has 1 aromatic heterocycles. The number of allylic oxidation sites excluding steroid dienone is 1. The molecule has 8 heteroatoms. The zero-order valence-electron chi connectivity index (χ0n) is 23.4. The average molecular weight is 537 g/mol. The zero-order chi connectivity index (χ0) is 28.5. The Labute approximate surface area is 229 Å². The number of esters is 2. The third kappa shape index (κ3) is 5.89. The van der Waals surface area contributed by atoms with E-state index in [1.807, 2.05) is 44.2 Å². The van der Waals surface area contributed by atoms with Crippen LogP contribution in [0, 0.1) is 34.9 Å². The summed E-state index contributed by atoms with van der Waals surface area (Å²) in [6, 6.07) is 10.1. The van der Waals surface area contributed by atoms with E-state index in [2.05, 4.69) is 17.2 Å². The minimum Gasteiger partial charge on any atom is -0.461 e. The van der Waals surface area contributed by atoms with E-state index in [4.69, 9.17) is 9.47 Å². The molecule has 0 radical (unpaired) electrons. The van der Waals surface area contributed by atoms with Crippen molar-refractivity contribution in [2.45, 2.75) is 59.7 Å². The summed E-state index contributed by atoms with van der Waals surface area (Å²) >= 11 is 0. The molecule has 39 heavy (non-hydrogen) atoms. The molecular weight excluding hydrogens is 499 g/mol. The van der Waals surface area contributed by atoms with Gasteiger partial charge < -0.3 is 14.8 Å². The van der Waals surface area contributed by atoms with Gasteiger partial charge in [-0.05, 0) is 81.7 Å². The van der Waals surface area contributed by atoms with Gasteiger partial charge in [-0.3, -0.25) is 19.4 Å². The Balaban J connectivity index is 1.57. The first-order chi connectivity index (χ1) is 18.3. The van der Waals surface area contributed by atoms with Crippen molar-refractivity contribution in [3.8, 4) is 11.1 Å². The minimum absolute atomic E-state index is 0.0457. The van der Waals surface area contributed by atoms with Gasteiger partial charge in [0.2, 0.25) is 5.91 Å². The lowest BCUT2D eigenvalue weighted by molar-refractivity contribution is -0.161. The minimum atomic E-state index is -1.39. The summed E-state index contributed by atoms with van der Waals surface area (Å²) in [6.45, 7) is 10.9. The summed E-state index contributed by atoms with van der Waals surface area (Å²) in [5, 5.41) is 2.67. The Morgan fingerprint density at radius 3 is 2.56 bits per heavy atom. The summed E-state index contributed by atoms with van der Waals surface area (Å²) in [7, 11) is 0. The van der Waals surface area contributed by atoms with Gasteiger partial charge in [-0.25, -0.2) is 4.39 Å². The van der Waals surface area contributed by atoms with E-state index < -0.39 is 40.9 Å². The monoisotopic (exact) mass is 536 g/mol. The summed E-state index contributed by atoms with van der Waals surface area (Å²) in [5.41, 5.74) is 0.175. The largest absolute Gasteiger partial charge is 0.461 e. The number of nitrogens with one attached hydrogen (secondary N) is 1. The Kier molecular flexibility index (Phi) is 7.96. The van der Waals surface area contributed by atoms with Crippen molar-refractivity contribution in [3.63, 3.8) is 0 Å². The highest BCUT2D eigenvalue weighted by molar-refractivity contribution is 6.05. The van der Waals surface area contributed by atoms with Gasteiger partial charge in [-0.2, -0.15) is 0 Å². The number of amides is 1. The molecule has 1 aliphatic carbocycles. The zero-order valence-corrected chi connectivity index (χ0v) is 23.4. The van der Waals surface area contributed by atoms with Gasteiger partial charge in [0.05, 0.1) is 5.69 Å². The van der Waals surface area contributed by atoms with Crippen LogP contribution in [0.4, 0.5) is 4.39 Å². The number of ether oxygens (including phenoxy) is 2. The molecule has 4 unspecified atom stereocenters. The molecule has 0 bridgehead atoms. The fourth-order valence-corrected chi connectivity index (χ4v) is 6.02. The molecule has 1 N–H and O–H groups in total. The van der Waals surface area contributed by atoms with E-state index in [0.29, 0.717) is 12.1 Å². The molecule has 4 rings (SSSR count). The van der Waals surface area contributed by atoms with Gasteiger partial charge in [-0.15, -0.1) is 0 Å². The number of carbonyl (C=O) groups is 3. The number of carbonyl (C=O) groups excluding carboxylic acids is 3. The number of halogens is 1. The fraction of sp³-hybridized carbons (Fsp3) is 0.484. The van der Waals surface area contributed by atoms with E-state index in [1.54, 1.807) is 33.0 Å². The van der Waals surface area contributed by atoms with E-state index in [-0.39, 0.29) is 30.1 Å². The number of hydrogen-bond donors (Lipinski definition) is 1. The van der Waals surface area contributed by atoms with Gasteiger partial charge in [0.25, 0.3) is 0 Å². The van der Waals surface area contributed by atoms with Gasteiger partial charge >= 0.3 is 11.9 Å². The van der Waals surface area contributed by atoms with Crippen LogP contribution in [-0.4, -0.2) is 41.1 Å². The maximum absolute atomic E-state index is 13.6. The highest BCUT2D eigenvalue weighted by Gasteiger charge is 2.66. The summed E-state index contributed by atoms with van der Waals surface area (Å²) in [4.78, 5) is 43.7. The van der Waals surface area contributed by atoms with Crippen LogP contribution in [-0.2, 0) is 23.9 Å². The van der Waals surface area contributed by atoms with Gasteiger partial charge in [0, 0.05) is 17.7 Å². The maximum atomic E-state index is 13.6.